The smallest absolute Gasteiger partial charge is 0.207 e. The van der Waals surface area contributed by atoms with E-state index in [0.717, 1.165) is 22.0 Å². The van der Waals surface area contributed by atoms with Gasteiger partial charge in [-0.2, -0.15) is 4.31 Å². The zero-order valence-corrected chi connectivity index (χ0v) is 14.9. The summed E-state index contributed by atoms with van der Waals surface area (Å²) in [6.45, 7) is 9.27. The highest BCUT2D eigenvalue weighted by Crippen LogP contribution is 2.30. The van der Waals surface area contributed by atoms with E-state index < -0.39 is 10.0 Å². The van der Waals surface area contributed by atoms with Crippen LogP contribution in [0.2, 0.25) is 0 Å². The molecule has 0 bridgehead atoms. The topological polar surface area (TPSA) is 37.4 Å². The monoisotopic (exact) mass is 359 g/mol. The largest absolute Gasteiger partial charge is 0.243 e. The maximum Gasteiger partial charge on any atom is 0.243 e. The molecular formula is C15H22BrNO2S. The summed E-state index contributed by atoms with van der Waals surface area (Å²) in [5, 5.41) is 0. The van der Waals surface area contributed by atoms with E-state index in [1.165, 1.54) is 0 Å². The van der Waals surface area contributed by atoms with Gasteiger partial charge in [-0.25, -0.2) is 8.42 Å². The Morgan fingerprint density at radius 1 is 1.10 bits per heavy atom. The average molecular weight is 360 g/mol. The summed E-state index contributed by atoms with van der Waals surface area (Å²) in [4.78, 5) is 0.444. The van der Waals surface area contributed by atoms with Crippen LogP contribution >= 0.6 is 15.9 Å². The van der Waals surface area contributed by atoms with Gasteiger partial charge in [-0.05, 0) is 55.4 Å². The lowest BCUT2D eigenvalue weighted by molar-refractivity contribution is 0.222. The van der Waals surface area contributed by atoms with Crippen molar-refractivity contribution >= 4 is 26.0 Å². The van der Waals surface area contributed by atoms with Crippen LogP contribution in [-0.4, -0.2) is 25.8 Å². The quantitative estimate of drug-likeness (QED) is 0.806. The predicted octanol–water partition coefficient (Wildman–Crippen LogP) is 3.73. The summed E-state index contributed by atoms with van der Waals surface area (Å²) in [5.74, 6) is 0.843. The van der Waals surface area contributed by atoms with Crippen molar-refractivity contribution < 1.29 is 8.42 Å². The standard InChI is InChI=1S/C15H22BrNO2S/c1-10-5-11(2)9-17(8-10)20(18,19)15-7-12(3)14(16)6-13(15)4/h6-7,10-11H,5,8-9H2,1-4H3/t10-,11-/m1/s1. The second-order valence-electron chi connectivity index (χ2n) is 6.13. The van der Waals surface area contributed by atoms with Crippen molar-refractivity contribution in [1.82, 2.24) is 4.31 Å². The van der Waals surface area contributed by atoms with Crippen molar-refractivity contribution in [3.8, 4) is 0 Å². The molecule has 0 amide bonds. The Balaban J connectivity index is 2.42. The van der Waals surface area contributed by atoms with Crippen LogP contribution in [0.5, 0.6) is 0 Å². The molecule has 3 nitrogen and oxygen atoms in total. The van der Waals surface area contributed by atoms with Crippen molar-refractivity contribution in [3.63, 3.8) is 0 Å². The molecular weight excluding hydrogens is 338 g/mol. The van der Waals surface area contributed by atoms with E-state index in [9.17, 15) is 8.42 Å². The maximum atomic E-state index is 12.9. The summed E-state index contributed by atoms with van der Waals surface area (Å²) in [6, 6.07) is 3.66. The van der Waals surface area contributed by atoms with Crippen molar-refractivity contribution in [2.45, 2.75) is 39.0 Å². The zero-order chi connectivity index (χ0) is 15.1. The van der Waals surface area contributed by atoms with Crippen LogP contribution in [0.4, 0.5) is 0 Å². The van der Waals surface area contributed by atoms with Gasteiger partial charge in [0.05, 0.1) is 4.90 Å². The van der Waals surface area contributed by atoms with Gasteiger partial charge in [-0.1, -0.05) is 29.8 Å². The Morgan fingerprint density at radius 2 is 1.65 bits per heavy atom. The molecule has 1 saturated heterocycles. The molecule has 1 heterocycles. The Bertz CT molecular complexity index is 603. The summed E-state index contributed by atoms with van der Waals surface area (Å²) in [5.41, 5.74) is 1.75. The van der Waals surface area contributed by atoms with Gasteiger partial charge in [0, 0.05) is 17.6 Å². The molecule has 0 aliphatic carbocycles. The molecule has 2 rings (SSSR count). The fourth-order valence-electron chi connectivity index (χ4n) is 2.97. The number of aryl methyl sites for hydroxylation is 2. The van der Waals surface area contributed by atoms with Gasteiger partial charge in [0.1, 0.15) is 0 Å². The van der Waals surface area contributed by atoms with Crippen LogP contribution in [0, 0.1) is 25.7 Å². The van der Waals surface area contributed by atoms with E-state index in [1.807, 2.05) is 19.9 Å². The van der Waals surface area contributed by atoms with E-state index >= 15 is 0 Å². The summed E-state index contributed by atoms with van der Waals surface area (Å²) >= 11 is 3.45. The third kappa shape index (κ3) is 3.10. The van der Waals surface area contributed by atoms with Crippen molar-refractivity contribution in [3.05, 3.63) is 27.7 Å². The van der Waals surface area contributed by atoms with E-state index in [-0.39, 0.29) is 0 Å². The number of piperidine rings is 1. The van der Waals surface area contributed by atoms with Gasteiger partial charge in [0.25, 0.3) is 0 Å². The Labute approximate surface area is 130 Å². The lowest BCUT2D eigenvalue weighted by Crippen LogP contribution is -2.42. The summed E-state index contributed by atoms with van der Waals surface area (Å²) in [7, 11) is -3.39. The van der Waals surface area contributed by atoms with Crippen molar-refractivity contribution in [1.29, 1.82) is 0 Å². The Morgan fingerprint density at radius 3 is 2.20 bits per heavy atom. The third-order valence-corrected chi connectivity index (χ3v) is 6.74. The van der Waals surface area contributed by atoms with Crippen LogP contribution < -0.4 is 0 Å². The predicted molar refractivity (Wildman–Crippen MR) is 85.3 cm³/mol. The molecule has 2 atom stereocenters. The number of benzene rings is 1. The minimum Gasteiger partial charge on any atom is -0.207 e. The highest BCUT2D eigenvalue weighted by molar-refractivity contribution is 9.10. The Hall–Kier alpha value is -0.390. The lowest BCUT2D eigenvalue weighted by atomic mass is 9.94. The number of nitrogens with zero attached hydrogens (tertiary/aromatic N) is 1. The highest BCUT2D eigenvalue weighted by Gasteiger charge is 2.32. The molecule has 0 spiro atoms. The van der Waals surface area contributed by atoms with Gasteiger partial charge in [-0.3, -0.25) is 0 Å². The minimum atomic E-state index is -3.39. The minimum absolute atomic E-state index is 0.422. The SMILES string of the molecule is Cc1cc(S(=O)(=O)N2C[C@H](C)C[C@@H](C)C2)c(C)cc1Br. The highest BCUT2D eigenvalue weighted by atomic mass is 79.9. The molecule has 112 valence electrons. The third-order valence-electron chi connectivity index (χ3n) is 3.91. The maximum absolute atomic E-state index is 12.9. The number of halogens is 1. The van der Waals surface area contributed by atoms with Gasteiger partial charge in [0.15, 0.2) is 0 Å². The molecule has 0 aromatic heterocycles. The second-order valence-corrected chi connectivity index (χ2v) is 8.90. The van der Waals surface area contributed by atoms with Crippen LogP contribution in [0.3, 0.4) is 0 Å². The number of sulfonamides is 1. The molecule has 0 unspecified atom stereocenters. The molecule has 20 heavy (non-hydrogen) atoms. The van der Waals surface area contributed by atoms with Gasteiger partial charge >= 0.3 is 0 Å². The molecule has 0 N–H and O–H groups in total. The average Bonchev–Trinajstić information content (AvgIpc) is 2.32. The van der Waals surface area contributed by atoms with E-state index in [1.54, 1.807) is 10.4 Å². The van der Waals surface area contributed by atoms with E-state index in [4.69, 9.17) is 0 Å². The Kier molecular flexibility index (Phi) is 4.62. The van der Waals surface area contributed by atoms with E-state index in [2.05, 4.69) is 29.8 Å². The second kappa shape index (κ2) is 5.78. The van der Waals surface area contributed by atoms with Crippen LogP contribution in [0.1, 0.15) is 31.4 Å². The van der Waals surface area contributed by atoms with Gasteiger partial charge in [0.2, 0.25) is 10.0 Å². The van der Waals surface area contributed by atoms with Gasteiger partial charge in [-0.15, -0.1) is 0 Å². The molecule has 1 aliphatic heterocycles. The number of rotatable bonds is 2. The summed E-state index contributed by atoms with van der Waals surface area (Å²) in [6.07, 6.45) is 1.10. The lowest BCUT2D eigenvalue weighted by Gasteiger charge is -2.34. The zero-order valence-electron chi connectivity index (χ0n) is 12.5. The first-order chi connectivity index (χ1) is 9.21. The van der Waals surface area contributed by atoms with Crippen LogP contribution in [-0.2, 0) is 10.0 Å². The molecule has 1 aliphatic rings. The fraction of sp³-hybridized carbons (Fsp3) is 0.600. The fourth-order valence-corrected chi connectivity index (χ4v) is 5.40. The first-order valence-corrected chi connectivity index (χ1v) is 9.22. The molecule has 1 fully saturated rings. The molecule has 1 aromatic rings. The molecule has 5 heteroatoms. The normalized spacial score (nSPS) is 24.9. The van der Waals surface area contributed by atoms with Crippen molar-refractivity contribution in [2.75, 3.05) is 13.1 Å². The van der Waals surface area contributed by atoms with Crippen LogP contribution in [0.15, 0.2) is 21.5 Å². The van der Waals surface area contributed by atoms with Crippen molar-refractivity contribution in [2.24, 2.45) is 11.8 Å². The first kappa shape index (κ1) is 16.0. The summed E-state index contributed by atoms with van der Waals surface area (Å²) < 4.78 is 28.4. The number of hydrogen-bond acceptors (Lipinski definition) is 2. The van der Waals surface area contributed by atoms with Crippen LogP contribution in [0.25, 0.3) is 0 Å². The van der Waals surface area contributed by atoms with Gasteiger partial charge < -0.3 is 0 Å². The molecule has 0 saturated carbocycles. The molecule has 0 radical (unpaired) electrons. The first-order valence-electron chi connectivity index (χ1n) is 6.98. The van der Waals surface area contributed by atoms with E-state index in [0.29, 0.717) is 29.8 Å². The number of hydrogen-bond donors (Lipinski definition) is 0. The molecule has 1 aromatic carbocycles.